The van der Waals surface area contributed by atoms with Gasteiger partial charge in [-0.2, -0.15) is 4.57 Å². The first kappa shape index (κ1) is 16.8. The van der Waals surface area contributed by atoms with Gasteiger partial charge in [-0.3, -0.25) is 4.79 Å². The number of hydrogen-bond acceptors (Lipinski definition) is 6. The lowest BCUT2D eigenvalue weighted by Gasteiger charge is -2.03. The number of halogens is 2. The monoisotopic (exact) mass is 358 g/mol. The van der Waals surface area contributed by atoms with Crippen molar-refractivity contribution in [1.82, 2.24) is 9.55 Å². The summed E-state index contributed by atoms with van der Waals surface area (Å²) in [6, 6.07) is 4.14. The Morgan fingerprint density at radius 1 is 1.22 bits per heavy atom. The first-order valence-corrected chi connectivity index (χ1v) is 6.82. The SMILES string of the molecule is Cc1nc([N+](=O)[O-])c([N+](=O)[O-])n1CC(=O)c1ccc(Cl)c(Cl)c1. The number of ketones is 1. The number of aromatic nitrogens is 2. The highest BCUT2D eigenvalue weighted by atomic mass is 35.5. The van der Waals surface area contributed by atoms with Gasteiger partial charge in [-0.1, -0.05) is 23.2 Å². The van der Waals surface area contributed by atoms with E-state index in [2.05, 4.69) is 4.98 Å². The second kappa shape index (κ2) is 6.31. The summed E-state index contributed by atoms with van der Waals surface area (Å²) < 4.78 is 0.878. The van der Waals surface area contributed by atoms with Crippen molar-refractivity contribution in [3.05, 3.63) is 59.9 Å². The first-order chi connectivity index (χ1) is 10.7. The van der Waals surface area contributed by atoms with Gasteiger partial charge in [0.25, 0.3) is 0 Å². The van der Waals surface area contributed by atoms with Gasteiger partial charge < -0.3 is 20.2 Å². The van der Waals surface area contributed by atoms with E-state index in [9.17, 15) is 25.0 Å². The van der Waals surface area contributed by atoms with E-state index >= 15 is 0 Å². The van der Waals surface area contributed by atoms with E-state index in [-0.39, 0.29) is 21.4 Å². The van der Waals surface area contributed by atoms with Crippen molar-refractivity contribution in [2.75, 3.05) is 0 Å². The molecule has 9 nitrogen and oxygen atoms in total. The van der Waals surface area contributed by atoms with Gasteiger partial charge in [0.15, 0.2) is 6.54 Å². The molecule has 0 N–H and O–H groups in total. The Morgan fingerprint density at radius 2 is 1.87 bits per heavy atom. The number of hydrogen-bond donors (Lipinski definition) is 0. The van der Waals surface area contributed by atoms with Gasteiger partial charge in [-0.25, -0.2) is 0 Å². The van der Waals surface area contributed by atoms with Crippen LogP contribution >= 0.6 is 23.2 Å². The van der Waals surface area contributed by atoms with Gasteiger partial charge in [-0.15, -0.1) is 0 Å². The fraction of sp³-hybridized carbons (Fsp3) is 0.167. The Labute approximate surface area is 138 Å². The van der Waals surface area contributed by atoms with Crippen LogP contribution in [0.2, 0.25) is 10.0 Å². The Balaban J connectivity index is 2.43. The van der Waals surface area contributed by atoms with Crippen LogP contribution in [-0.2, 0) is 6.54 Å². The Hall–Kier alpha value is -2.52. The van der Waals surface area contributed by atoms with E-state index in [0.29, 0.717) is 0 Å². The predicted octanol–water partition coefficient (Wildman–Crippen LogP) is 3.20. The molecule has 11 heteroatoms. The summed E-state index contributed by atoms with van der Waals surface area (Å²) in [6.45, 7) is 0.850. The molecule has 0 unspecified atom stereocenters. The van der Waals surface area contributed by atoms with Gasteiger partial charge in [0.1, 0.15) is 0 Å². The Bertz CT molecular complexity index is 833. The molecule has 1 heterocycles. The maximum absolute atomic E-state index is 12.2. The third-order valence-electron chi connectivity index (χ3n) is 3.00. The Morgan fingerprint density at radius 3 is 2.39 bits per heavy atom. The molecule has 0 spiro atoms. The molecule has 0 saturated heterocycles. The molecule has 0 radical (unpaired) electrons. The van der Waals surface area contributed by atoms with Crippen molar-refractivity contribution in [3.63, 3.8) is 0 Å². The molecule has 23 heavy (non-hydrogen) atoms. The third-order valence-corrected chi connectivity index (χ3v) is 3.74. The molecule has 2 aromatic rings. The van der Waals surface area contributed by atoms with Crippen LogP contribution in [0.4, 0.5) is 11.6 Å². The topological polar surface area (TPSA) is 121 Å². The number of nitrogens with zero attached hydrogens (tertiary/aromatic N) is 4. The van der Waals surface area contributed by atoms with E-state index < -0.39 is 33.8 Å². The van der Waals surface area contributed by atoms with Crippen molar-refractivity contribution in [1.29, 1.82) is 0 Å². The molecule has 0 fully saturated rings. The van der Waals surface area contributed by atoms with Crippen molar-refractivity contribution >= 4 is 40.6 Å². The van der Waals surface area contributed by atoms with Crippen LogP contribution in [0.1, 0.15) is 16.2 Å². The maximum Gasteiger partial charge on any atom is 0.462 e. The normalized spacial score (nSPS) is 10.6. The van der Waals surface area contributed by atoms with Crippen LogP contribution < -0.4 is 0 Å². The van der Waals surface area contributed by atoms with Crippen molar-refractivity contribution in [2.24, 2.45) is 0 Å². The molecule has 0 atom stereocenters. The molecular weight excluding hydrogens is 351 g/mol. The van der Waals surface area contributed by atoms with Crippen LogP contribution in [0.15, 0.2) is 18.2 Å². The number of imidazole rings is 1. The molecule has 0 aliphatic rings. The van der Waals surface area contributed by atoms with Crippen LogP contribution in [0.3, 0.4) is 0 Å². The van der Waals surface area contributed by atoms with Crippen LogP contribution in [0, 0.1) is 27.2 Å². The van der Waals surface area contributed by atoms with Crippen LogP contribution in [0.25, 0.3) is 0 Å². The lowest BCUT2D eigenvalue weighted by molar-refractivity contribution is -0.428. The molecule has 0 saturated carbocycles. The third kappa shape index (κ3) is 3.30. The fourth-order valence-electron chi connectivity index (χ4n) is 1.93. The molecular formula is C12H8Cl2N4O5. The first-order valence-electron chi connectivity index (χ1n) is 6.06. The molecule has 1 aromatic carbocycles. The molecule has 1 aromatic heterocycles. The maximum atomic E-state index is 12.2. The summed E-state index contributed by atoms with van der Waals surface area (Å²) in [7, 11) is 0. The predicted molar refractivity (Wildman–Crippen MR) is 81.1 cm³/mol. The summed E-state index contributed by atoms with van der Waals surface area (Å²) in [4.78, 5) is 35.8. The zero-order chi connectivity index (χ0) is 17.3. The molecule has 0 aliphatic heterocycles. The van der Waals surface area contributed by atoms with E-state index in [4.69, 9.17) is 23.2 Å². The minimum absolute atomic E-state index is 0.0168. The van der Waals surface area contributed by atoms with Gasteiger partial charge in [-0.05, 0) is 28.0 Å². The van der Waals surface area contributed by atoms with E-state index in [1.165, 1.54) is 25.1 Å². The highest BCUT2D eigenvalue weighted by molar-refractivity contribution is 6.42. The highest BCUT2D eigenvalue weighted by Crippen LogP contribution is 2.28. The number of Topliss-reactive ketones (excluding diaryl/α,β-unsaturated/α-hetero) is 1. The molecule has 0 aliphatic carbocycles. The van der Waals surface area contributed by atoms with Crippen LogP contribution in [0.5, 0.6) is 0 Å². The number of carbonyl (C=O) groups excluding carboxylic acids is 1. The summed E-state index contributed by atoms with van der Waals surface area (Å²) in [5, 5.41) is 22.3. The number of nitro groups is 2. The van der Waals surface area contributed by atoms with E-state index in [1.54, 1.807) is 0 Å². The second-order valence-electron chi connectivity index (χ2n) is 4.46. The lowest BCUT2D eigenvalue weighted by Crippen LogP contribution is -2.14. The summed E-state index contributed by atoms with van der Waals surface area (Å²) in [6.07, 6.45) is 0. The quantitative estimate of drug-likeness (QED) is 0.459. The summed E-state index contributed by atoms with van der Waals surface area (Å²) >= 11 is 11.6. The lowest BCUT2D eigenvalue weighted by atomic mass is 10.1. The van der Waals surface area contributed by atoms with Crippen LogP contribution in [-0.4, -0.2) is 25.2 Å². The average Bonchev–Trinajstić information content (AvgIpc) is 2.79. The number of carbonyl (C=O) groups is 1. The molecule has 0 bridgehead atoms. The Kier molecular flexibility index (Phi) is 4.62. The number of aryl methyl sites for hydroxylation is 1. The summed E-state index contributed by atoms with van der Waals surface area (Å²) in [5.74, 6) is -2.30. The number of rotatable bonds is 5. The zero-order valence-corrected chi connectivity index (χ0v) is 13.0. The molecule has 2 rings (SSSR count). The molecule has 120 valence electrons. The minimum Gasteiger partial charge on any atom is -0.358 e. The largest absolute Gasteiger partial charge is 0.462 e. The van der Waals surface area contributed by atoms with E-state index in [1.807, 2.05) is 0 Å². The zero-order valence-electron chi connectivity index (χ0n) is 11.5. The van der Waals surface area contributed by atoms with Gasteiger partial charge in [0, 0.05) is 17.5 Å². The fourth-order valence-corrected chi connectivity index (χ4v) is 2.23. The van der Waals surface area contributed by atoms with Crippen molar-refractivity contribution in [3.8, 4) is 0 Å². The van der Waals surface area contributed by atoms with Gasteiger partial charge in [0.2, 0.25) is 5.78 Å². The van der Waals surface area contributed by atoms with Gasteiger partial charge in [0.05, 0.1) is 10.0 Å². The van der Waals surface area contributed by atoms with Gasteiger partial charge >= 0.3 is 17.5 Å². The van der Waals surface area contributed by atoms with Crippen molar-refractivity contribution in [2.45, 2.75) is 13.5 Å². The molecule has 0 amide bonds. The van der Waals surface area contributed by atoms with E-state index in [0.717, 1.165) is 4.57 Å². The average molecular weight is 359 g/mol. The second-order valence-corrected chi connectivity index (χ2v) is 5.27. The minimum atomic E-state index is -0.967. The smallest absolute Gasteiger partial charge is 0.358 e. The van der Waals surface area contributed by atoms with Crippen molar-refractivity contribution < 1.29 is 14.6 Å². The standard InChI is InChI=1S/C12H8Cl2N4O5/c1-6-15-11(17(20)21)12(18(22)23)16(6)5-10(19)7-2-3-8(13)9(14)4-7/h2-4H,5H2,1H3. The highest BCUT2D eigenvalue weighted by Gasteiger charge is 2.36. The summed E-state index contributed by atoms with van der Waals surface area (Å²) in [5.41, 5.74) is 0.171. The number of benzene rings is 1.